The fourth-order valence-electron chi connectivity index (χ4n) is 0.327. The Labute approximate surface area is 81.9 Å². The first kappa shape index (κ1) is 16.3. The van der Waals surface area contributed by atoms with Crippen LogP contribution in [0.2, 0.25) is 0 Å². The van der Waals surface area contributed by atoms with Gasteiger partial charge in [-0.3, -0.25) is 0 Å². The van der Waals surface area contributed by atoms with Gasteiger partial charge in [0.25, 0.3) is 0 Å². The Morgan fingerprint density at radius 2 is 1.43 bits per heavy atom. The van der Waals surface area contributed by atoms with Crippen molar-refractivity contribution in [3.8, 4) is 0 Å². The van der Waals surface area contributed by atoms with Crippen LogP contribution >= 0.6 is 0 Å². The quantitative estimate of drug-likeness (QED) is 0.404. The minimum Gasteiger partial charge on any atom is -0.743 e. The van der Waals surface area contributed by atoms with Crippen molar-refractivity contribution in [3.63, 3.8) is 0 Å². The average molecular weight is 264 g/mol. The van der Waals surface area contributed by atoms with Crippen LogP contribution in [0.15, 0.2) is 0 Å². The van der Waals surface area contributed by atoms with Crippen molar-refractivity contribution in [3.05, 3.63) is 0 Å². The van der Waals surface area contributed by atoms with E-state index >= 15 is 0 Å². The van der Waals surface area contributed by atoms with E-state index in [1.165, 1.54) is 0 Å². The Balaban J connectivity index is 0. The zero-order valence-electron chi connectivity index (χ0n) is 6.12. The molecule has 0 amide bonds. The molecule has 88 valence electrons. The second-order valence-electron chi connectivity index (χ2n) is 1.96. The maximum atomic E-state index is 11.9. The fourth-order valence-corrected chi connectivity index (χ4v) is 0.734. The number of aliphatic hydroxyl groups excluding tert-OH is 1. The van der Waals surface area contributed by atoms with Crippen molar-refractivity contribution < 1.29 is 40.0 Å². The molecule has 0 aromatic heterocycles. The lowest BCUT2D eigenvalue weighted by atomic mass is 10.4. The van der Waals surface area contributed by atoms with Gasteiger partial charge < -0.3 is 9.66 Å². The molecule has 1 atom stereocenters. The van der Waals surface area contributed by atoms with Gasteiger partial charge in [-0.25, -0.2) is 8.42 Å². The van der Waals surface area contributed by atoms with E-state index in [-0.39, 0.29) is 13.5 Å². The maximum absolute atomic E-state index is 11.9. The Hall–Kier alpha value is -0.130. The third kappa shape index (κ3) is 3.22. The highest BCUT2D eigenvalue weighted by atomic mass is 32.2. The highest BCUT2D eigenvalue weighted by molar-refractivity contribution is 7.86. The van der Waals surface area contributed by atoms with Crippen molar-refractivity contribution in [2.24, 2.45) is 0 Å². The first-order chi connectivity index (χ1) is 5.40. The monoisotopic (exact) mass is 264 g/mol. The molecule has 0 spiro atoms. The van der Waals surface area contributed by atoms with Gasteiger partial charge >= 0.3 is 11.4 Å². The molecule has 1 N–H and O–H groups in total. The number of halogens is 5. The highest BCUT2D eigenvalue weighted by Crippen LogP contribution is 2.35. The number of hydrogen-bond donors (Lipinski definition) is 1. The van der Waals surface area contributed by atoms with Gasteiger partial charge in [-0.15, -0.1) is 0 Å². The summed E-state index contributed by atoms with van der Waals surface area (Å²) in [4.78, 5) is 0. The van der Waals surface area contributed by atoms with Gasteiger partial charge in [-0.1, -0.05) is 13.5 Å². The summed E-state index contributed by atoms with van der Waals surface area (Å²) in [6, 6.07) is 0. The molecule has 0 saturated carbocycles. The molecule has 0 aromatic carbocycles. The first-order valence-electron chi connectivity index (χ1n) is 2.48. The summed E-state index contributed by atoms with van der Waals surface area (Å²) in [5.74, 6) is 0. The lowest BCUT2D eigenvalue weighted by Gasteiger charge is -2.26. The Bertz CT molecular complexity index is 282. The molecule has 14 heavy (non-hydrogen) atoms. The third-order valence-corrected chi connectivity index (χ3v) is 1.85. The maximum Gasteiger partial charge on any atom is 0.421 e. The summed E-state index contributed by atoms with van der Waals surface area (Å²) in [7, 11) is -6.54. The van der Waals surface area contributed by atoms with Crippen LogP contribution in [0.3, 0.4) is 0 Å². The molecule has 0 bridgehead atoms. The van der Waals surface area contributed by atoms with Gasteiger partial charge in [0.2, 0.25) is 6.10 Å². The molecule has 4 nitrogen and oxygen atoms in total. The van der Waals surface area contributed by atoms with E-state index in [0.717, 1.165) is 0 Å². The predicted molar refractivity (Wildman–Crippen MR) is 38.3 cm³/mol. The predicted octanol–water partition coefficient (Wildman–Crippen LogP) is -0.758. The van der Waals surface area contributed by atoms with E-state index in [0.29, 0.717) is 0 Å². The zero-order chi connectivity index (χ0) is 11.1. The van der Waals surface area contributed by atoms with Gasteiger partial charge in [0, 0.05) is 0 Å². The topological polar surface area (TPSA) is 77.4 Å². The molecule has 11 heteroatoms. The molecule has 0 aliphatic rings. The third-order valence-electron chi connectivity index (χ3n) is 0.962. The molecule has 0 heterocycles. The second kappa shape index (κ2) is 4.16. The van der Waals surface area contributed by atoms with E-state index in [9.17, 15) is 34.9 Å². The molecule has 0 fully saturated rings. The average Bonchev–Trinajstić information content (AvgIpc) is 1.81. The number of aliphatic hydroxyl groups is 1. The van der Waals surface area contributed by atoms with Crippen LogP contribution in [-0.2, 0) is 23.6 Å². The summed E-state index contributed by atoms with van der Waals surface area (Å²) < 4.78 is 86.7. The number of alkyl halides is 5. The van der Waals surface area contributed by atoms with E-state index in [4.69, 9.17) is 5.11 Å². The lowest BCUT2D eigenvalue weighted by molar-refractivity contribution is -0.248. The smallest absolute Gasteiger partial charge is 0.421 e. The summed E-state index contributed by atoms with van der Waals surface area (Å²) in [5, 5.41) is 2.02. The Kier molecular flexibility index (Phi) is 4.85. The summed E-state index contributed by atoms with van der Waals surface area (Å²) >= 11 is 0. The first-order valence-corrected chi connectivity index (χ1v) is 3.89. The van der Waals surface area contributed by atoms with Crippen molar-refractivity contribution in [1.29, 1.82) is 0 Å². The summed E-state index contributed by atoms with van der Waals surface area (Å²) in [6.45, 7) is 0. The molecule has 0 aliphatic heterocycles. The Morgan fingerprint density at radius 3 is 1.50 bits per heavy atom. The lowest BCUT2D eigenvalue weighted by Crippen LogP contribution is -2.49. The zero-order valence-corrected chi connectivity index (χ0v) is 8.10. The fraction of sp³-hybridized carbons (Fsp3) is 1.00. The highest BCUT2D eigenvalue weighted by Gasteiger charge is 2.59. The van der Waals surface area contributed by atoms with Crippen LogP contribution in [-0.4, -0.2) is 35.6 Å². The summed E-state index contributed by atoms with van der Waals surface area (Å²) in [6.07, 6.45) is -10.4. The SMILES string of the molecule is O=S(=O)([O-])C(F)(F)C(O)C(F)(F)F.[SH3+]. The minimum absolute atomic E-state index is 0. The van der Waals surface area contributed by atoms with Gasteiger partial charge in [-0.05, 0) is 0 Å². The molecule has 0 saturated heterocycles. The van der Waals surface area contributed by atoms with Gasteiger partial charge in [0.15, 0.2) is 10.1 Å². The van der Waals surface area contributed by atoms with Crippen LogP contribution in [0.4, 0.5) is 22.0 Å². The molecule has 1 unspecified atom stereocenters. The van der Waals surface area contributed by atoms with Gasteiger partial charge in [0.1, 0.15) is 0 Å². The van der Waals surface area contributed by atoms with E-state index in [2.05, 4.69) is 0 Å². The standard InChI is InChI=1S/C3H3F5O4S.H2S/c4-2(5,6)1(9)3(7,8)13(10,11)12;/h1,9H,(H,10,11,12);1H2. The largest absolute Gasteiger partial charge is 0.743 e. The van der Waals surface area contributed by atoms with Crippen LogP contribution in [0, 0.1) is 0 Å². The van der Waals surface area contributed by atoms with Crippen molar-refractivity contribution >= 4 is 23.6 Å². The number of hydrogen-bond acceptors (Lipinski definition) is 4. The molecular weight excluding hydrogens is 259 g/mol. The van der Waals surface area contributed by atoms with Crippen LogP contribution in [0.1, 0.15) is 0 Å². The summed E-state index contributed by atoms with van der Waals surface area (Å²) in [5.41, 5.74) is 0. The van der Waals surface area contributed by atoms with Crippen molar-refractivity contribution in [1.82, 2.24) is 0 Å². The van der Waals surface area contributed by atoms with Crippen molar-refractivity contribution in [2.75, 3.05) is 0 Å². The molecule has 0 aliphatic carbocycles. The van der Waals surface area contributed by atoms with E-state index in [1.54, 1.807) is 0 Å². The van der Waals surface area contributed by atoms with Crippen LogP contribution < -0.4 is 0 Å². The normalized spacial score (nSPS) is 15.9. The second-order valence-corrected chi connectivity index (χ2v) is 3.41. The van der Waals surface area contributed by atoms with E-state index < -0.39 is 27.7 Å². The van der Waals surface area contributed by atoms with Crippen molar-refractivity contribution in [2.45, 2.75) is 17.5 Å². The number of rotatable bonds is 2. The van der Waals surface area contributed by atoms with Gasteiger partial charge in [-0.2, -0.15) is 22.0 Å². The van der Waals surface area contributed by atoms with Crippen LogP contribution in [0.5, 0.6) is 0 Å². The molecule has 0 radical (unpaired) electrons. The molecule has 0 rings (SSSR count). The van der Waals surface area contributed by atoms with Gasteiger partial charge in [0.05, 0.1) is 0 Å². The molecule has 0 aromatic rings. The Morgan fingerprint density at radius 1 is 1.14 bits per heavy atom. The van der Waals surface area contributed by atoms with Crippen LogP contribution in [0.25, 0.3) is 0 Å². The van der Waals surface area contributed by atoms with E-state index in [1.807, 2.05) is 0 Å². The molecular formula is C3H5F5O4S2. The minimum atomic E-state index is -6.54.